The summed E-state index contributed by atoms with van der Waals surface area (Å²) in [7, 11) is 0. The molecule has 0 fully saturated rings. The fraction of sp³-hybridized carbons (Fsp3) is 0.571. The van der Waals surface area contributed by atoms with Gasteiger partial charge in [0.05, 0.1) is 5.57 Å². The highest BCUT2D eigenvalue weighted by Crippen LogP contribution is 2.45. The minimum Gasteiger partial charge on any atom is -0.420 e. The van der Waals surface area contributed by atoms with Crippen molar-refractivity contribution in [3.05, 3.63) is 22.7 Å². The van der Waals surface area contributed by atoms with Gasteiger partial charge in [-0.3, -0.25) is 5.10 Å². The normalized spacial score (nSPS) is 19.1. The van der Waals surface area contributed by atoms with Crippen LogP contribution in [0.15, 0.2) is 11.5 Å². The second-order valence-corrected chi connectivity index (χ2v) is 6.28. The average molecular weight is 260 g/mol. The zero-order valence-corrected chi connectivity index (χ0v) is 12.0. The standard InChI is InChI=1S/C14H20N4O/c1-7(2)9-8(6-15)12(16)19-13-10(9)11(17-18-13)14(3,4)5/h7,9H,16H2,1-5H3,(H,17,18)/t9-/m1/s1. The van der Waals surface area contributed by atoms with Crippen molar-refractivity contribution >= 4 is 0 Å². The van der Waals surface area contributed by atoms with Gasteiger partial charge in [0, 0.05) is 22.6 Å². The van der Waals surface area contributed by atoms with Crippen LogP contribution in [-0.4, -0.2) is 10.2 Å². The maximum Gasteiger partial charge on any atom is 0.243 e. The van der Waals surface area contributed by atoms with E-state index in [1.54, 1.807) is 0 Å². The number of hydrogen-bond donors (Lipinski definition) is 2. The lowest BCUT2D eigenvalue weighted by molar-refractivity contribution is 0.358. The molecule has 1 aromatic rings. The summed E-state index contributed by atoms with van der Waals surface area (Å²) in [4.78, 5) is 0. The third kappa shape index (κ3) is 2.07. The number of fused-ring (bicyclic) bond motifs is 1. The van der Waals surface area contributed by atoms with E-state index in [0.717, 1.165) is 11.3 Å². The molecule has 5 heteroatoms. The molecule has 102 valence electrons. The molecule has 1 aromatic heterocycles. The average Bonchev–Trinajstić information content (AvgIpc) is 2.69. The van der Waals surface area contributed by atoms with Crippen molar-refractivity contribution in [1.29, 1.82) is 5.26 Å². The van der Waals surface area contributed by atoms with Gasteiger partial charge in [0.25, 0.3) is 0 Å². The highest BCUT2D eigenvalue weighted by atomic mass is 16.5. The second-order valence-electron chi connectivity index (χ2n) is 6.28. The number of nitrogens with two attached hydrogens (primary N) is 1. The van der Waals surface area contributed by atoms with Gasteiger partial charge in [0.15, 0.2) is 0 Å². The number of aromatic nitrogens is 2. The van der Waals surface area contributed by atoms with Crippen molar-refractivity contribution in [3.63, 3.8) is 0 Å². The number of nitrogens with one attached hydrogen (secondary N) is 1. The first-order chi connectivity index (χ1) is 8.77. The Morgan fingerprint density at radius 3 is 2.53 bits per heavy atom. The van der Waals surface area contributed by atoms with E-state index < -0.39 is 0 Å². The Kier molecular flexibility index (Phi) is 3.05. The first-order valence-corrected chi connectivity index (χ1v) is 6.43. The number of hydrogen-bond acceptors (Lipinski definition) is 4. The third-order valence-corrected chi connectivity index (χ3v) is 3.40. The van der Waals surface area contributed by atoms with Gasteiger partial charge in [-0.05, 0) is 5.92 Å². The molecule has 3 N–H and O–H groups in total. The summed E-state index contributed by atoms with van der Waals surface area (Å²) in [5, 5.41) is 16.6. The minimum atomic E-state index is -0.0935. The van der Waals surface area contributed by atoms with Crippen LogP contribution in [0.25, 0.3) is 0 Å². The molecule has 5 nitrogen and oxygen atoms in total. The van der Waals surface area contributed by atoms with Crippen molar-refractivity contribution < 1.29 is 4.74 Å². The summed E-state index contributed by atoms with van der Waals surface area (Å²) in [6, 6.07) is 2.18. The predicted molar refractivity (Wildman–Crippen MR) is 72.3 cm³/mol. The molecular formula is C14H20N4O. The summed E-state index contributed by atoms with van der Waals surface area (Å²) >= 11 is 0. The summed E-state index contributed by atoms with van der Waals surface area (Å²) in [6.45, 7) is 10.5. The van der Waals surface area contributed by atoms with E-state index in [2.05, 4.69) is 50.9 Å². The first-order valence-electron chi connectivity index (χ1n) is 6.43. The molecular weight excluding hydrogens is 240 g/mol. The number of H-pyrrole nitrogens is 1. The monoisotopic (exact) mass is 260 g/mol. The number of allylic oxidation sites excluding steroid dienone is 1. The molecule has 19 heavy (non-hydrogen) atoms. The van der Waals surface area contributed by atoms with Crippen LogP contribution >= 0.6 is 0 Å². The lowest BCUT2D eigenvalue weighted by Crippen LogP contribution is -2.25. The zero-order chi connectivity index (χ0) is 14.4. The topological polar surface area (TPSA) is 87.7 Å². The van der Waals surface area contributed by atoms with Crippen LogP contribution < -0.4 is 10.5 Å². The van der Waals surface area contributed by atoms with E-state index in [4.69, 9.17) is 10.5 Å². The van der Waals surface area contributed by atoms with E-state index in [1.807, 2.05) is 0 Å². The molecule has 0 bridgehead atoms. The Balaban J connectivity index is 2.66. The summed E-state index contributed by atoms with van der Waals surface area (Å²) in [5.74, 6) is 0.844. The van der Waals surface area contributed by atoms with Crippen LogP contribution in [0.2, 0.25) is 0 Å². The SMILES string of the molecule is CC(C)[C@@H]1C(C#N)=C(N)Oc2n[nH]c(C(C)(C)C)c21. The first kappa shape index (κ1) is 13.5. The van der Waals surface area contributed by atoms with Crippen LogP contribution in [0.3, 0.4) is 0 Å². The molecule has 0 radical (unpaired) electrons. The minimum absolute atomic E-state index is 0.0678. The fourth-order valence-electron chi connectivity index (χ4n) is 2.52. The van der Waals surface area contributed by atoms with Crippen molar-refractivity contribution in [1.82, 2.24) is 10.2 Å². The molecule has 1 atom stereocenters. The highest BCUT2D eigenvalue weighted by molar-refractivity contribution is 5.50. The summed E-state index contributed by atoms with van der Waals surface area (Å²) in [5.41, 5.74) is 8.20. The molecule has 0 amide bonds. The van der Waals surface area contributed by atoms with E-state index in [1.165, 1.54) is 0 Å². The number of nitriles is 1. The maximum absolute atomic E-state index is 9.34. The fourth-order valence-corrected chi connectivity index (χ4v) is 2.52. The molecule has 1 aliphatic rings. The molecule has 0 saturated carbocycles. The number of aromatic amines is 1. The lowest BCUT2D eigenvalue weighted by Gasteiger charge is -2.29. The Labute approximate surface area is 113 Å². The Bertz CT molecular complexity index is 569. The van der Waals surface area contributed by atoms with E-state index in [0.29, 0.717) is 11.5 Å². The van der Waals surface area contributed by atoms with Gasteiger partial charge in [-0.2, -0.15) is 5.26 Å². The van der Waals surface area contributed by atoms with E-state index in [-0.39, 0.29) is 23.1 Å². The van der Waals surface area contributed by atoms with Gasteiger partial charge in [-0.1, -0.05) is 34.6 Å². The third-order valence-electron chi connectivity index (χ3n) is 3.40. The van der Waals surface area contributed by atoms with Gasteiger partial charge in [-0.15, -0.1) is 5.10 Å². The van der Waals surface area contributed by atoms with Crippen LogP contribution in [0.1, 0.15) is 51.8 Å². The van der Waals surface area contributed by atoms with Crippen LogP contribution in [0, 0.1) is 17.2 Å². The predicted octanol–water partition coefficient (Wildman–Crippen LogP) is 2.53. The van der Waals surface area contributed by atoms with Gasteiger partial charge in [-0.25, -0.2) is 0 Å². The van der Waals surface area contributed by atoms with Crippen LogP contribution in [-0.2, 0) is 5.41 Å². The molecule has 0 aliphatic carbocycles. The van der Waals surface area contributed by atoms with Crippen molar-refractivity contribution in [3.8, 4) is 11.9 Å². The Hall–Kier alpha value is -1.96. The smallest absolute Gasteiger partial charge is 0.243 e. The molecule has 2 rings (SSSR count). The van der Waals surface area contributed by atoms with Crippen LogP contribution in [0.4, 0.5) is 0 Å². The van der Waals surface area contributed by atoms with E-state index in [9.17, 15) is 5.26 Å². The summed E-state index contributed by atoms with van der Waals surface area (Å²) < 4.78 is 5.48. The number of nitrogens with zero attached hydrogens (tertiary/aromatic N) is 2. The summed E-state index contributed by atoms with van der Waals surface area (Å²) in [6.07, 6.45) is 0. The Morgan fingerprint density at radius 1 is 1.42 bits per heavy atom. The largest absolute Gasteiger partial charge is 0.420 e. The molecule has 0 spiro atoms. The van der Waals surface area contributed by atoms with Gasteiger partial charge >= 0.3 is 0 Å². The van der Waals surface area contributed by atoms with Crippen molar-refractivity contribution in [2.24, 2.45) is 11.7 Å². The second kappa shape index (κ2) is 4.30. The van der Waals surface area contributed by atoms with Crippen LogP contribution in [0.5, 0.6) is 5.88 Å². The molecule has 0 saturated heterocycles. The lowest BCUT2D eigenvalue weighted by atomic mass is 9.77. The van der Waals surface area contributed by atoms with E-state index >= 15 is 0 Å². The highest BCUT2D eigenvalue weighted by Gasteiger charge is 2.38. The van der Waals surface area contributed by atoms with Crippen molar-refractivity contribution in [2.45, 2.75) is 46.0 Å². The number of ether oxygens (including phenoxy) is 1. The number of rotatable bonds is 1. The molecule has 0 unspecified atom stereocenters. The van der Waals surface area contributed by atoms with Gasteiger partial charge in [0.1, 0.15) is 6.07 Å². The quantitative estimate of drug-likeness (QED) is 0.812. The van der Waals surface area contributed by atoms with Gasteiger partial charge < -0.3 is 10.5 Å². The maximum atomic E-state index is 9.34. The Morgan fingerprint density at radius 2 is 2.05 bits per heavy atom. The van der Waals surface area contributed by atoms with Crippen molar-refractivity contribution in [2.75, 3.05) is 0 Å². The molecule has 1 aliphatic heterocycles. The molecule has 2 heterocycles. The molecule has 0 aromatic carbocycles. The zero-order valence-electron chi connectivity index (χ0n) is 12.0. The van der Waals surface area contributed by atoms with Gasteiger partial charge in [0.2, 0.25) is 11.8 Å².